The summed E-state index contributed by atoms with van der Waals surface area (Å²) < 4.78 is 13.1. The summed E-state index contributed by atoms with van der Waals surface area (Å²) in [5.74, 6) is 0.252. The SMILES string of the molecule is O=C(/C=C/c1ccccc1Cl)NCc1ccc(-c2ncc(-c3ccc(F)cc3)[nH]2)cc1. The monoisotopic (exact) mass is 431 g/mol. The van der Waals surface area contributed by atoms with E-state index in [4.69, 9.17) is 11.6 Å². The number of halogens is 2. The minimum absolute atomic E-state index is 0.195. The first kappa shape index (κ1) is 20.6. The Labute approximate surface area is 184 Å². The van der Waals surface area contributed by atoms with Gasteiger partial charge in [0.25, 0.3) is 0 Å². The van der Waals surface area contributed by atoms with Gasteiger partial charge in [-0.15, -0.1) is 0 Å². The van der Waals surface area contributed by atoms with E-state index in [1.54, 1.807) is 30.5 Å². The topological polar surface area (TPSA) is 57.8 Å². The lowest BCUT2D eigenvalue weighted by Gasteiger charge is -2.04. The van der Waals surface area contributed by atoms with Gasteiger partial charge in [0, 0.05) is 23.2 Å². The van der Waals surface area contributed by atoms with Crippen molar-refractivity contribution in [3.8, 4) is 22.6 Å². The zero-order valence-electron chi connectivity index (χ0n) is 16.5. The van der Waals surface area contributed by atoms with Gasteiger partial charge < -0.3 is 10.3 Å². The molecule has 4 aromatic rings. The number of benzene rings is 3. The molecule has 0 aliphatic carbocycles. The smallest absolute Gasteiger partial charge is 0.244 e. The Morgan fingerprint density at radius 1 is 1.00 bits per heavy atom. The number of H-pyrrole nitrogens is 1. The molecule has 0 spiro atoms. The Morgan fingerprint density at radius 2 is 1.71 bits per heavy atom. The van der Waals surface area contributed by atoms with Crippen LogP contribution < -0.4 is 5.32 Å². The number of carbonyl (C=O) groups is 1. The third kappa shape index (κ3) is 5.27. The molecule has 0 atom stereocenters. The highest BCUT2D eigenvalue weighted by Gasteiger charge is 2.06. The zero-order valence-corrected chi connectivity index (χ0v) is 17.2. The number of rotatable bonds is 6. The molecule has 0 saturated carbocycles. The van der Waals surface area contributed by atoms with Crippen LogP contribution in [0.25, 0.3) is 28.7 Å². The van der Waals surface area contributed by atoms with Crippen LogP contribution in [-0.4, -0.2) is 15.9 Å². The number of aromatic nitrogens is 2. The second-order valence-electron chi connectivity index (χ2n) is 6.92. The number of hydrogen-bond donors (Lipinski definition) is 2. The molecule has 4 rings (SSSR count). The van der Waals surface area contributed by atoms with Crippen LogP contribution in [0.3, 0.4) is 0 Å². The first-order valence-electron chi connectivity index (χ1n) is 9.69. The summed E-state index contributed by atoms with van der Waals surface area (Å²) in [7, 11) is 0. The summed E-state index contributed by atoms with van der Waals surface area (Å²) in [6.07, 6.45) is 4.88. The average Bonchev–Trinajstić information content (AvgIpc) is 3.28. The van der Waals surface area contributed by atoms with E-state index in [-0.39, 0.29) is 11.7 Å². The number of hydrogen-bond acceptors (Lipinski definition) is 2. The fraction of sp³-hybridized carbons (Fsp3) is 0.0400. The highest BCUT2D eigenvalue weighted by molar-refractivity contribution is 6.32. The Morgan fingerprint density at radius 3 is 2.45 bits per heavy atom. The van der Waals surface area contributed by atoms with Crippen LogP contribution in [0.2, 0.25) is 5.02 Å². The zero-order chi connectivity index (χ0) is 21.6. The van der Waals surface area contributed by atoms with Gasteiger partial charge in [0.1, 0.15) is 11.6 Å². The molecular formula is C25H19ClFN3O. The molecule has 0 fully saturated rings. The summed E-state index contributed by atoms with van der Waals surface area (Å²) in [6, 6.07) is 21.3. The second-order valence-corrected chi connectivity index (χ2v) is 7.33. The van der Waals surface area contributed by atoms with Gasteiger partial charge in [-0.25, -0.2) is 9.37 Å². The fourth-order valence-corrected chi connectivity index (χ4v) is 3.25. The lowest BCUT2D eigenvalue weighted by molar-refractivity contribution is -0.116. The highest BCUT2D eigenvalue weighted by atomic mass is 35.5. The van der Waals surface area contributed by atoms with Gasteiger partial charge >= 0.3 is 0 Å². The van der Waals surface area contributed by atoms with E-state index in [2.05, 4.69) is 15.3 Å². The van der Waals surface area contributed by atoms with Gasteiger partial charge in [0.05, 0.1) is 11.9 Å². The average molecular weight is 432 g/mol. The number of aromatic amines is 1. The minimum atomic E-state index is -0.273. The minimum Gasteiger partial charge on any atom is -0.348 e. The van der Waals surface area contributed by atoms with Gasteiger partial charge in [-0.2, -0.15) is 0 Å². The van der Waals surface area contributed by atoms with Gasteiger partial charge in [0.2, 0.25) is 5.91 Å². The van der Waals surface area contributed by atoms with Crippen LogP contribution in [0.15, 0.2) is 85.1 Å². The Balaban J connectivity index is 1.36. The predicted octanol–water partition coefficient (Wildman–Crippen LogP) is 5.87. The van der Waals surface area contributed by atoms with Crippen LogP contribution in [0.1, 0.15) is 11.1 Å². The van der Waals surface area contributed by atoms with Crippen LogP contribution in [0, 0.1) is 5.82 Å². The van der Waals surface area contributed by atoms with Crippen LogP contribution in [0.5, 0.6) is 0 Å². The summed E-state index contributed by atoms with van der Waals surface area (Å²) in [4.78, 5) is 19.7. The van der Waals surface area contributed by atoms with Crippen molar-refractivity contribution < 1.29 is 9.18 Å². The molecule has 0 unspecified atom stereocenters. The lowest BCUT2D eigenvalue weighted by atomic mass is 10.1. The number of nitrogens with one attached hydrogen (secondary N) is 2. The third-order valence-electron chi connectivity index (χ3n) is 4.74. The van der Waals surface area contributed by atoms with E-state index >= 15 is 0 Å². The third-order valence-corrected chi connectivity index (χ3v) is 5.09. The van der Waals surface area contributed by atoms with Crippen LogP contribution in [0.4, 0.5) is 4.39 Å². The van der Waals surface area contributed by atoms with Gasteiger partial charge in [-0.05, 0) is 53.1 Å². The maximum absolute atomic E-state index is 13.1. The number of nitrogens with zero attached hydrogens (tertiary/aromatic N) is 1. The standard InChI is InChI=1S/C25H19ClFN3O/c26-22-4-2-1-3-18(22)11-14-24(31)28-15-17-5-7-20(8-6-17)25-29-16-23(30-25)19-9-12-21(27)13-10-19/h1-14,16H,15H2,(H,28,31)(H,29,30)/b14-11+. The molecule has 0 saturated heterocycles. The summed E-state index contributed by atoms with van der Waals surface area (Å²) in [5.41, 5.74) is 4.36. The van der Waals surface area contributed by atoms with Crippen molar-refractivity contribution in [2.24, 2.45) is 0 Å². The molecule has 2 N–H and O–H groups in total. The number of carbonyl (C=O) groups excluding carboxylic acids is 1. The first-order valence-corrected chi connectivity index (χ1v) is 10.1. The van der Waals surface area contributed by atoms with E-state index < -0.39 is 0 Å². The highest BCUT2D eigenvalue weighted by Crippen LogP contribution is 2.22. The molecule has 0 bridgehead atoms. The quantitative estimate of drug-likeness (QED) is 0.375. The van der Waals surface area contributed by atoms with Crippen molar-refractivity contribution in [1.82, 2.24) is 15.3 Å². The van der Waals surface area contributed by atoms with E-state index in [1.807, 2.05) is 42.5 Å². The molecule has 31 heavy (non-hydrogen) atoms. The molecule has 0 radical (unpaired) electrons. The van der Waals surface area contributed by atoms with Gasteiger partial charge in [-0.1, -0.05) is 54.1 Å². The fourth-order valence-electron chi connectivity index (χ4n) is 3.05. The van der Waals surface area contributed by atoms with Gasteiger partial charge in [0.15, 0.2) is 0 Å². The Hall–Kier alpha value is -3.70. The molecule has 154 valence electrons. The molecule has 3 aromatic carbocycles. The van der Waals surface area contributed by atoms with E-state index in [1.165, 1.54) is 18.2 Å². The maximum Gasteiger partial charge on any atom is 0.244 e. The van der Waals surface area contributed by atoms with Crippen molar-refractivity contribution >= 4 is 23.6 Å². The van der Waals surface area contributed by atoms with Crippen molar-refractivity contribution in [2.45, 2.75) is 6.54 Å². The summed E-state index contributed by atoms with van der Waals surface area (Å²) in [5, 5.41) is 3.45. The lowest BCUT2D eigenvalue weighted by Crippen LogP contribution is -2.20. The Kier molecular flexibility index (Phi) is 6.24. The number of imidazole rings is 1. The largest absolute Gasteiger partial charge is 0.348 e. The number of amides is 1. The normalized spacial score (nSPS) is 11.0. The van der Waals surface area contributed by atoms with Crippen molar-refractivity contribution in [3.63, 3.8) is 0 Å². The molecule has 6 heteroatoms. The van der Waals surface area contributed by atoms with Crippen molar-refractivity contribution in [1.29, 1.82) is 0 Å². The molecule has 4 nitrogen and oxygen atoms in total. The van der Waals surface area contributed by atoms with E-state index in [0.717, 1.165) is 33.8 Å². The molecular weight excluding hydrogens is 413 g/mol. The van der Waals surface area contributed by atoms with Crippen molar-refractivity contribution in [2.75, 3.05) is 0 Å². The Bertz CT molecular complexity index is 1210. The summed E-state index contributed by atoms with van der Waals surface area (Å²) >= 11 is 6.08. The van der Waals surface area contributed by atoms with Crippen LogP contribution >= 0.6 is 11.6 Å². The molecule has 1 amide bonds. The maximum atomic E-state index is 13.1. The van der Waals surface area contributed by atoms with E-state index in [9.17, 15) is 9.18 Å². The predicted molar refractivity (Wildman–Crippen MR) is 122 cm³/mol. The molecule has 0 aliphatic rings. The van der Waals surface area contributed by atoms with Crippen molar-refractivity contribution in [3.05, 3.63) is 107 Å². The summed E-state index contributed by atoms with van der Waals surface area (Å²) in [6.45, 7) is 0.408. The van der Waals surface area contributed by atoms with E-state index in [0.29, 0.717) is 11.6 Å². The molecule has 1 aromatic heterocycles. The first-order chi connectivity index (χ1) is 15.1. The van der Waals surface area contributed by atoms with Crippen LogP contribution in [-0.2, 0) is 11.3 Å². The molecule has 0 aliphatic heterocycles. The molecule has 1 heterocycles. The van der Waals surface area contributed by atoms with Gasteiger partial charge in [-0.3, -0.25) is 4.79 Å². The second kappa shape index (κ2) is 9.41.